The zero-order chi connectivity index (χ0) is 9.64. The van der Waals surface area contributed by atoms with E-state index in [4.69, 9.17) is 4.52 Å². The van der Waals surface area contributed by atoms with Gasteiger partial charge in [0.15, 0.2) is 5.82 Å². The zero-order valence-electron chi connectivity index (χ0n) is 8.66. The van der Waals surface area contributed by atoms with Crippen LogP contribution < -0.4 is 0 Å². The molecule has 1 heterocycles. The van der Waals surface area contributed by atoms with E-state index in [0.717, 1.165) is 17.6 Å². The maximum Gasteiger partial charge on any atom is 0.232 e. The second-order valence-electron chi connectivity index (χ2n) is 5.03. The maximum atomic E-state index is 5.22. The summed E-state index contributed by atoms with van der Waals surface area (Å²) in [6.45, 7) is 8.47. The van der Waals surface area contributed by atoms with Crippen LogP contribution in [0.4, 0.5) is 0 Å². The molecule has 0 spiro atoms. The molecule has 0 aliphatic heterocycles. The van der Waals surface area contributed by atoms with Gasteiger partial charge in [-0.2, -0.15) is 4.98 Å². The SMILES string of the molecule is CC1CC1c1noc(C(C)(C)C)n1. The lowest BCUT2D eigenvalue weighted by atomic mass is 9.97. The van der Waals surface area contributed by atoms with Crippen LogP contribution in [0.15, 0.2) is 4.52 Å². The van der Waals surface area contributed by atoms with Gasteiger partial charge in [0.05, 0.1) is 0 Å². The van der Waals surface area contributed by atoms with Crippen molar-refractivity contribution in [3.8, 4) is 0 Å². The molecule has 1 saturated carbocycles. The third-order valence-corrected chi connectivity index (χ3v) is 2.52. The van der Waals surface area contributed by atoms with Crippen LogP contribution in [-0.4, -0.2) is 10.1 Å². The summed E-state index contributed by atoms with van der Waals surface area (Å²) in [6, 6.07) is 0. The summed E-state index contributed by atoms with van der Waals surface area (Å²) < 4.78 is 5.22. The Balaban J connectivity index is 2.19. The van der Waals surface area contributed by atoms with Crippen molar-refractivity contribution in [1.29, 1.82) is 0 Å². The molecule has 2 atom stereocenters. The smallest absolute Gasteiger partial charge is 0.232 e. The van der Waals surface area contributed by atoms with Gasteiger partial charge in [-0.1, -0.05) is 32.9 Å². The first-order valence-electron chi connectivity index (χ1n) is 4.82. The highest BCUT2D eigenvalue weighted by Gasteiger charge is 2.38. The van der Waals surface area contributed by atoms with Crippen molar-refractivity contribution >= 4 is 0 Å². The Hall–Kier alpha value is -0.860. The van der Waals surface area contributed by atoms with Crippen molar-refractivity contribution in [3.63, 3.8) is 0 Å². The zero-order valence-corrected chi connectivity index (χ0v) is 8.66. The van der Waals surface area contributed by atoms with Gasteiger partial charge < -0.3 is 4.52 Å². The number of hydrogen-bond donors (Lipinski definition) is 0. The number of hydrogen-bond acceptors (Lipinski definition) is 3. The van der Waals surface area contributed by atoms with E-state index < -0.39 is 0 Å². The molecule has 13 heavy (non-hydrogen) atoms. The number of aromatic nitrogens is 2. The molecule has 2 unspecified atom stereocenters. The van der Waals surface area contributed by atoms with Gasteiger partial charge in [0.25, 0.3) is 0 Å². The van der Waals surface area contributed by atoms with Gasteiger partial charge in [-0.15, -0.1) is 0 Å². The third kappa shape index (κ3) is 1.60. The summed E-state index contributed by atoms with van der Waals surface area (Å²) >= 11 is 0. The summed E-state index contributed by atoms with van der Waals surface area (Å²) in [5.74, 6) is 2.95. The first-order chi connectivity index (χ1) is 5.98. The van der Waals surface area contributed by atoms with Crippen LogP contribution in [-0.2, 0) is 5.41 Å². The van der Waals surface area contributed by atoms with E-state index in [2.05, 4.69) is 37.8 Å². The fraction of sp³-hybridized carbons (Fsp3) is 0.800. The molecule has 0 radical (unpaired) electrons. The van der Waals surface area contributed by atoms with Gasteiger partial charge >= 0.3 is 0 Å². The summed E-state index contributed by atoms with van der Waals surface area (Å²) in [7, 11) is 0. The van der Waals surface area contributed by atoms with Crippen LogP contribution in [0, 0.1) is 5.92 Å². The topological polar surface area (TPSA) is 38.9 Å². The first kappa shape index (κ1) is 8.73. The Morgan fingerprint density at radius 1 is 1.38 bits per heavy atom. The molecule has 1 aromatic rings. The largest absolute Gasteiger partial charge is 0.339 e. The van der Waals surface area contributed by atoms with Gasteiger partial charge in [-0.25, -0.2) is 0 Å². The summed E-state index contributed by atoms with van der Waals surface area (Å²) in [4.78, 5) is 4.42. The van der Waals surface area contributed by atoms with E-state index >= 15 is 0 Å². The van der Waals surface area contributed by atoms with Crippen molar-refractivity contribution in [2.45, 2.75) is 45.4 Å². The third-order valence-electron chi connectivity index (χ3n) is 2.52. The molecular weight excluding hydrogens is 164 g/mol. The van der Waals surface area contributed by atoms with Crippen LogP contribution in [0.1, 0.15) is 51.7 Å². The minimum Gasteiger partial charge on any atom is -0.339 e. The molecule has 1 aliphatic carbocycles. The van der Waals surface area contributed by atoms with Crippen LogP contribution in [0.5, 0.6) is 0 Å². The average molecular weight is 180 g/mol. The number of rotatable bonds is 1. The molecule has 2 rings (SSSR count). The second kappa shape index (κ2) is 2.56. The van der Waals surface area contributed by atoms with Crippen LogP contribution in [0.25, 0.3) is 0 Å². The molecule has 0 aromatic carbocycles. The molecule has 0 bridgehead atoms. The standard InChI is InChI=1S/C10H16N2O/c1-6-5-7(6)8-11-9(13-12-8)10(2,3)4/h6-7H,5H2,1-4H3. The highest BCUT2D eigenvalue weighted by Crippen LogP contribution is 2.45. The van der Waals surface area contributed by atoms with Crippen LogP contribution in [0.2, 0.25) is 0 Å². The predicted octanol–water partition coefficient (Wildman–Crippen LogP) is 2.49. The molecule has 1 aliphatic rings. The molecule has 3 nitrogen and oxygen atoms in total. The Labute approximate surface area is 78.5 Å². The Bertz CT molecular complexity index is 311. The van der Waals surface area contributed by atoms with Crippen molar-refractivity contribution in [2.75, 3.05) is 0 Å². The molecule has 3 heteroatoms. The predicted molar refractivity (Wildman–Crippen MR) is 49.5 cm³/mol. The van der Waals surface area contributed by atoms with Gasteiger partial charge in [-0.3, -0.25) is 0 Å². The highest BCUT2D eigenvalue weighted by molar-refractivity contribution is 5.09. The first-order valence-corrected chi connectivity index (χ1v) is 4.82. The van der Waals surface area contributed by atoms with Crippen molar-refractivity contribution in [1.82, 2.24) is 10.1 Å². The van der Waals surface area contributed by atoms with Crippen LogP contribution in [0.3, 0.4) is 0 Å². The van der Waals surface area contributed by atoms with Crippen molar-refractivity contribution in [2.24, 2.45) is 5.92 Å². The quantitative estimate of drug-likeness (QED) is 0.666. The Morgan fingerprint density at radius 2 is 2.00 bits per heavy atom. The molecule has 1 fully saturated rings. The Kier molecular flexibility index (Phi) is 1.72. The van der Waals surface area contributed by atoms with Crippen molar-refractivity contribution in [3.05, 3.63) is 11.7 Å². The molecule has 0 saturated heterocycles. The lowest BCUT2D eigenvalue weighted by molar-refractivity contribution is 0.318. The number of nitrogens with zero attached hydrogens (tertiary/aromatic N) is 2. The molecule has 1 aromatic heterocycles. The minimum absolute atomic E-state index is 0.0244. The van der Waals surface area contributed by atoms with E-state index in [0.29, 0.717) is 5.92 Å². The van der Waals surface area contributed by atoms with Crippen molar-refractivity contribution < 1.29 is 4.52 Å². The molecule has 0 N–H and O–H groups in total. The molecule has 72 valence electrons. The van der Waals surface area contributed by atoms with Gasteiger partial charge in [0, 0.05) is 11.3 Å². The van der Waals surface area contributed by atoms with E-state index in [1.165, 1.54) is 6.42 Å². The monoisotopic (exact) mass is 180 g/mol. The van der Waals surface area contributed by atoms with Crippen LogP contribution >= 0.6 is 0 Å². The summed E-state index contributed by atoms with van der Waals surface area (Å²) in [5.41, 5.74) is -0.0244. The average Bonchev–Trinajstić information content (AvgIpc) is 2.57. The van der Waals surface area contributed by atoms with Gasteiger partial charge in [0.2, 0.25) is 5.89 Å². The van der Waals surface area contributed by atoms with E-state index in [1.807, 2.05) is 0 Å². The summed E-state index contributed by atoms with van der Waals surface area (Å²) in [5, 5.41) is 4.01. The lowest BCUT2D eigenvalue weighted by Crippen LogP contribution is -2.11. The lowest BCUT2D eigenvalue weighted by Gasteiger charge is -2.10. The van der Waals surface area contributed by atoms with E-state index in [-0.39, 0.29) is 5.41 Å². The summed E-state index contributed by atoms with van der Waals surface area (Å²) in [6.07, 6.45) is 1.21. The normalized spacial score (nSPS) is 27.7. The fourth-order valence-electron chi connectivity index (χ4n) is 1.37. The van der Waals surface area contributed by atoms with E-state index in [1.54, 1.807) is 0 Å². The van der Waals surface area contributed by atoms with Gasteiger partial charge in [-0.05, 0) is 12.3 Å². The molecule has 0 amide bonds. The Morgan fingerprint density at radius 3 is 2.38 bits per heavy atom. The van der Waals surface area contributed by atoms with E-state index in [9.17, 15) is 0 Å². The second-order valence-corrected chi connectivity index (χ2v) is 5.03. The fourth-order valence-corrected chi connectivity index (χ4v) is 1.37. The maximum absolute atomic E-state index is 5.22. The molecular formula is C10H16N2O. The highest BCUT2D eigenvalue weighted by atomic mass is 16.5. The van der Waals surface area contributed by atoms with Gasteiger partial charge in [0.1, 0.15) is 0 Å². The minimum atomic E-state index is -0.0244.